The van der Waals surface area contributed by atoms with Crippen molar-refractivity contribution in [1.82, 2.24) is 4.90 Å². The van der Waals surface area contributed by atoms with E-state index in [2.05, 4.69) is 81.3 Å². The molecule has 2 heterocycles. The molecule has 2 aliphatic rings. The summed E-state index contributed by atoms with van der Waals surface area (Å²) in [5.74, 6) is 0.658. The molecule has 0 bridgehead atoms. The van der Waals surface area contributed by atoms with Crippen LogP contribution in [-0.2, 0) is 0 Å². The van der Waals surface area contributed by atoms with Gasteiger partial charge in [0.25, 0.3) is 0 Å². The number of aliphatic hydroxyl groups excluding tert-OH is 1. The molecule has 0 aromatic rings. The molecule has 3 atom stereocenters. The zero-order valence-electron chi connectivity index (χ0n) is 26.5. The second kappa shape index (κ2) is 16.9. The quantitative estimate of drug-likeness (QED) is 0.148. The van der Waals surface area contributed by atoms with Gasteiger partial charge in [0, 0.05) is 38.0 Å². The number of hydrogen-bond acceptors (Lipinski definition) is 4. The fourth-order valence-electron chi connectivity index (χ4n) is 5.40. The number of rotatable bonds is 12. The lowest BCUT2D eigenvalue weighted by Crippen LogP contribution is -2.27. The number of allylic oxidation sites excluding steroid dienone is 9. The van der Waals surface area contributed by atoms with Crippen LogP contribution in [0.4, 0.5) is 0 Å². The van der Waals surface area contributed by atoms with E-state index >= 15 is 0 Å². The van der Waals surface area contributed by atoms with Crippen molar-refractivity contribution in [3.8, 4) is 0 Å². The monoisotopic (exact) mass is 555 g/mol. The van der Waals surface area contributed by atoms with Crippen LogP contribution >= 0.6 is 0 Å². The standard InChI is InChI=1S/C37H53N3O/c1-11-14-17-31-25-40(20-15-16-28(31)7)33(13-3)19-18-32-22-30(9)37(41)24-36(39-32)35(38-10)23-34(26(4)5)29(8)21-27(6)12-2/h12-13,18-19,21,23-24,29,31,37,41H,2,4,7,9,11,14-17,20,22,25H2,1,3,5-6,8,10H3/b19-18-,27-21-,33-13+,34-23-,38-35?/t29?,31-,37?/m0/s1. The summed E-state index contributed by atoms with van der Waals surface area (Å²) in [6, 6.07) is 0. The van der Waals surface area contributed by atoms with Gasteiger partial charge in [-0.1, -0.05) is 88.0 Å². The Morgan fingerprint density at radius 3 is 2.61 bits per heavy atom. The maximum absolute atomic E-state index is 10.9. The normalized spacial score (nSPS) is 22.8. The summed E-state index contributed by atoms with van der Waals surface area (Å²) in [4.78, 5) is 12.1. The van der Waals surface area contributed by atoms with Crippen molar-refractivity contribution >= 4 is 11.4 Å². The minimum Gasteiger partial charge on any atom is -0.385 e. The highest BCUT2D eigenvalue weighted by atomic mass is 16.3. The Labute approximate surface area is 250 Å². The Balaban J connectivity index is 2.42. The lowest BCUT2D eigenvalue weighted by atomic mass is 9.92. The van der Waals surface area contributed by atoms with Crippen LogP contribution in [0.1, 0.15) is 73.1 Å². The van der Waals surface area contributed by atoms with Gasteiger partial charge in [0.2, 0.25) is 0 Å². The Bertz CT molecular complexity index is 1200. The van der Waals surface area contributed by atoms with Crippen LogP contribution in [0.2, 0.25) is 0 Å². The van der Waals surface area contributed by atoms with Gasteiger partial charge >= 0.3 is 0 Å². The van der Waals surface area contributed by atoms with E-state index in [1.807, 2.05) is 26.0 Å². The van der Waals surface area contributed by atoms with Crippen LogP contribution in [0, 0.1) is 11.8 Å². The largest absolute Gasteiger partial charge is 0.385 e. The van der Waals surface area contributed by atoms with Crippen LogP contribution < -0.4 is 0 Å². The van der Waals surface area contributed by atoms with Crippen LogP contribution in [0.25, 0.3) is 0 Å². The Morgan fingerprint density at radius 1 is 1.27 bits per heavy atom. The van der Waals surface area contributed by atoms with E-state index in [0.717, 1.165) is 48.4 Å². The molecule has 4 heteroatoms. The summed E-state index contributed by atoms with van der Waals surface area (Å²) in [7, 11) is 1.76. The Kier molecular flexibility index (Phi) is 14.0. The Morgan fingerprint density at radius 2 is 2.00 bits per heavy atom. The molecule has 0 aromatic carbocycles. The van der Waals surface area contributed by atoms with E-state index in [0.29, 0.717) is 29.3 Å². The number of likely N-dealkylation sites (tertiary alicyclic amines) is 1. The van der Waals surface area contributed by atoms with Crippen molar-refractivity contribution in [3.05, 3.63) is 108 Å². The molecule has 0 aromatic heterocycles. The molecule has 2 rings (SSSR count). The number of aliphatic imine (C=N–C) groups is 2. The SMILES string of the molecule is C=C/C(C)=C\C(C)/C(=C\C(=NC)C1=CC(O)C(=C)CC(/C=C\C(=C/C)N2CCCC(=C)[C@@H](CCCC)C2)=N1)C(=C)C. The fourth-order valence-corrected chi connectivity index (χ4v) is 5.40. The number of aliphatic hydroxyl groups is 1. The van der Waals surface area contributed by atoms with E-state index < -0.39 is 6.10 Å². The number of nitrogens with zero attached hydrogens (tertiary/aromatic N) is 3. The number of hydrogen-bond donors (Lipinski definition) is 1. The maximum Gasteiger partial charge on any atom is 0.0957 e. The van der Waals surface area contributed by atoms with Gasteiger partial charge in [-0.15, -0.1) is 0 Å². The highest BCUT2D eigenvalue weighted by molar-refractivity contribution is 6.12. The predicted molar refractivity (Wildman–Crippen MR) is 181 cm³/mol. The maximum atomic E-state index is 10.9. The first-order valence-corrected chi connectivity index (χ1v) is 15.1. The second-order valence-corrected chi connectivity index (χ2v) is 11.4. The van der Waals surface area contributed by atoms with Gasteiger partial charge in [0.1, 0.15) is 0 Å². The van der Waals surface area contributed by atoms with Crippen molar-refractivity contribution < 1.29 is 5.11 Å². The van der Waals surface area contributed by atoms with Crippen LogP contribution in [0.15, 0.2) is 118 Å². The zero-order chi connectivity index (χ0) is 30.5. The molecule has 2 unspecified atom stereocenters. The Hall–Kier alpha value is -3.24. The summed E-state index contributed by atoms with van der Waals surface area (Å²) in [5.41, 5.74) is 8.63. The van der Waals surface area contributed by atoms with Crippen molar-refractivity contribution in [3.63, 3.8) is 0 Å². The van der Waals surface area contributed by atoms with Gasteiger partial charge in [-0.2, -0.15) is 0 Å². The molecule has 1 fully saturated rings. The van der Waals surface area contributed by atoms with Crippen molar-refractivity contribution in [2.24, 2.45) is 21.8 Å². The van der Waals surface area contributed by atoms with Crippen molar-refractivity contribution in [2.75, 3.05) is 20.1 Å². The summed E-state index contributed by atoms with van der Waals surface area (Å²) in [6.07, 6.45) is 19.8. The van der Waals surface area contributed by atoms with Crippen molar-refractivity contribution in [1.29, 1.82) is 0 Å². The third-order valence-electron chi connectivity index (χ3n) is 7.98. The second-order valence-electron chi connectivity index (χ2n) is 11.4. The van der Waals surface area contributed by atoms with Gasteiger partial charge in [-0.25, -0.2) is 0 Å². The summed E-state index contributed by atoms with van der Waals surface area (Å²) in [5, 5.41) is 10.9. The molecular weight excluding hydrogens is 502 g/mol. The minimum atomic E-state index is -0.796. The molecule has 1 N–H and O–H groups in total. The molecule has 1 saturated heterocycles. The average molecular weight is 556 g/mol. The molecule has 0 radical (unpaired) electrons. The first kappa shape index (κ1) is 34.0. The van der Waals surface area contributed by atoms with Gasteiger partial charge in [-0.05, 0) is 87.3 Å². The van der Waals surface area contributed by atoms with Gasteiger partial charge < -0.3 is 10.0 Å². The number of unbranched alkanes of at least 4 members (excludes halogenated alkanes) is 1. The fraction of sp³-hybridized carbons (Fsp3) is 0.459. The first-order chi connectivity index (χ1) is 19.5. The highest BCUT2D eigenvalue weighted by Gasteiger charge is 2.22. The molecule has 0 spiro atoms. The molecule has 0 amide bonds. The molecular formula is C37H53N3O. The lowest BCUT2D eigenvalue weighted by molar-refractivity contribution is 0.258. The molecule has 4 nitrogen and oxygen atoms in total. The van der Waals surface area contributed by atoms with E-state index in [1.165, 1.54) is 30.5 Å². The van der Waals surface area contributed by atoms with Crippen molar-refractivity contribution in [2.45, 2.75) is 79.2 Å². The molecule has 41 heavy (non-hydrogen) atoms. The van der Waals surface area contributed by atoms with Gasteiger partial charge in [0.15, 0.2) is 0 Å². The van der Waals surface area contributed by atoms with E-state index in [-0.39, 0.29) is 5.92 Å². The van der Waals surface area contributed by atoms with Crippen LogP contribution in [0.3, 0.4) is 0 Å². The first-order valence-electron chi connectivity index (χ1n) is 15.1. The van der Waals surface area contributed by atoms with Gasteiger partial charge in [-0.3, -0.25) is 9.98 Å². The molecule has 2 aliphatic heterocycles. The van der Waals surface area contributed by atoms with E-state index in [1.54, 1.807) is 13.1 Å². The molecule has 0 aliphatic carbocycles. The van der Waals surface area contributed by atoms with E-state index in [9.17, 15) is 5.11 Å². The zero-order valence-corrected chi connectivity index (χ0v) is 26.5. The lowest BCUT2D eigenvalue weighted by Gasteiger charge is -2.28. The third-order valence-corrected chi connectivity index (χ3v) is 7.98. The third kappa shape index (κ3) is 10.3. The summed E-state index contributed by atoms with van der Waals surface area (Å²) in [6.45, 7) is 29.2. The minimum absolute atomic E-state index is 0.125. The van der Waals surface area contributed by atoms with E-state index in [4.69, 9.17) is 4.99 Å². The predicted octanol–water partition coefficient (Wildman–Crippen LogP) is 8.89. The molecule has 222 valence electrons. The van der Waals surface area contributed by atoms with Crippen LogP contribution in [-0.4, -0.2) is 47.7 Å². The average Bonchev–Trinajstić information content (AvgIpc) is 3.20. The highest BCUT2D eigenvalue weighted by Crippen LogP contribution is 2.28. The topological polar surface area (TPSA) is 48.2 Å². The molecule has 0 saturated carbocycles. The van der Waals surface area contributed by atoms with Crippen LogP contribution in [0.5, 0.6) is 0 Å². The smallest absolute Gasteiger partial charge is 0.0957 e. The summed E-state index contributed by atoms with van der Waals surface area (Å²) >= 11 is 0. The summed E-state index contributed by atoms with van der Waals surface area (Å²) < 4.78 is 0. The van der Waals surface area contributed by atoms with Gasteiger partial charge in [0.05, 0.1) is 17.5 Å².